The van der Waals surface area contributed by atoms with Gasteiger partial charge >= 0.3 is 6.36 Å². The standard InChI is InChI=1S/C22H19F3N4O2/c1-13-11-14(3-6-17(13)29-21(30)20(27-2)9-10-26)18-7-4-15-12-16(31-22(23,24)25)5-8-19(15)28-18/h3-12H,26H2,1-2H3,(H,29,30). The van der Waals surface area contributed by atoms with Gasteiger partial charge in [-0.25, -0.2) is 4.98 Å². The predicted octanol–water partition coefficient (Wildman–Crippen LogP) is 4.59. The number of aliphatic imine (C=N–C) groups is 1. The third-order valence-corrected chi connectivity index (χ3v) is 4.39. The summed E-state index contributed by atoms with van der Waals surface area (Å²) in [5, 5.41) is 3.30. The summed E-state index contributed by atoms with van der Waals surface area (Å²) in [7, 11) is 1.49. The van der Waals surface area contributed by atoms with E-state index < -0.39 is 6.36 Å². The van der Waals surface area contributed by atoms with Gasteiger partial charge in [0.15, 0.2) is 0 Å². The van der Waals surface area contributed by atoms with E-state index >= 15 is 0 Å². The van der Waals surface area contributed by atoms with Crippen molar-refractivity contribution in [1.29, 1.82) is 0 Å². The van der Waals surface area contributed by atoms with Gasteiger partial charge in [0.05, 0.1) is 11.2 Å². The number of anilines is 1. The van der Waals surface area contributed by atoms with Crippen LogP contribution in [0.2, 0.25) is 0 Å². The summed E-state index contributed by atoms with van der Waals surface area (Å²) >= 11 is 0. The second-order valence-electron chi connectivity index (χ2n) is 6.55. The number of aryl methyl sites for hydroxylation is 1. The maximum absolute atomic E-state index is 12.4. The predicted molar refractivity (Wildman–Crippen MR) is 114 cm³/mol. The van der Waals surface area contributed by atoms with Crippen molar-refractivity contribution in [2.45, 2.75) is 13.3 Å². The zero-order valence-electron chi connectivity index (χ0n) is 16.7. The average molecular weight is 428 g/mol. The second-order valence-corrected chi connectivity index (χ2v) is 6.55. The molecule has 6 nitrogen and oxygen atoms in total. The lowest BCUT2D eigenvalue weighted by molar-refractivity contribution is -0.274. The Kier molecular flexibility index (Phi) is 6.24. The highest BCUT2D eigenvalue weighted by Gasteiger charge is 2.31. The topological polar surface area (TPSA) is 89.6 Å². The molecule has 3 aromatic rings. The molecule has 0 radical (unpaired) electrons. The smallest absolute Gasteiger partial charge is 0.406 e. The van der Waals surface area contributed by atoms with Gasteiger partial charge in [-0.3, -0.25) is 9.79 Å². The van der Waals surface area contributed by atoms with Crippen LogP contribution in [0.15, 0.2) is 65.8 Å². The lowest BCUT2D eigenvalue weighted by Crippen LogP contribution is -2.22. The number of nitrogens with two attached hydrogens (primary N) is 1. The van der Waals surface area contributed by atoms with Crippen molar-refractivity contribution >= 4 is 28.2 Å². The lowest BCUT2D eigenvalue weighted by atomic mass is 10.1. The third-order valence-electron chi connectivity index (χ3n) is 4.39. The summed E-state index contributed by atoms with van der Waals surface area (Å²) < 4.78 is 41.1. The summed E-state index contributed by atoms with van der Waals surface area (Å²) in [5.74, 6) is -0.689. The number of amides is 1. The molecular weight excluding hydrogens is 409 g/mol. The fraction of sp³-hybridized carbons (Fsp3) is 0.136. The van der Waals surface area contributed by atoms with E-state index in [4.69, 9.17) is 5.73 Å². The molecule has 31 heavy (non-hydrogen) atoms. The number of fused-ring (bicyclic) bond motifs is 1. The molecule has 0 saturated heterocycles. The highest BCUT2D eigenvalue weighted by atomic mass is 19.4. The molecule has 1 heterocycles. The van der Waals surface area contributed by atoms with E-state index in [9.17, 15) is 18.0 Å². The Bertz CT molecular complexity index is 1190. The molecule has 3 rings (SSSR count). The van der Waals surface area contributed by atoms with Crippen molar-refractivity contribution in [3.05, 3.63) is 66.4 Å². The van der Waals surface area contributed by atoms with E-state index in [1.807, 2.05) is 13.0 Å². The Morgan fingerprint density at radius 2 is 1.94 bits per heavy atom. The molecule has 0 fully saturated rings. The van der Waals surface area contributed by atoms with Gasteiger partial charge in [-0.05, 0) is 61.2 Å². The molecule has 3 N–H and O–H groups in total. The van der Waals surface area contributed by atoms with Gasteiger partial charge in [0, 0.05) is 23.7 Å². The van der Waals surface area contributed by atoms with Crippen LogP contribution in [0.4, 0.5) is 18.9 Å². The van der Waals surface area contributed by atoms with Crippen molar-refractivity contribution in [1.82, 2.24) is 4.98 Å². The average Bonchev–Trinajstić information content (AvgIpc) is 2.71. The van der Waals surface area contributed by atoms with Gasteiger partial charge in [-0.15, -0.1) is 13.2 Å². The van der Waals surface area contributed by atoms with Crippen LogP contribution in [0.5, 0.6) is 5.75 Å². The number of nitrogens with zero attached hydrogens (tertiary/aromatic N) is 2. The number of pyridine rings is 1. The van der Waals surface area contributed by atoms with Gasteiger partial charge < -0.3 is 15.8 Å². The fourth-order valence-corrected chi connectivity index (χ4v) is 2.95. The van der Waals surface area contributed by atoms with Crippen LogP contribution < -0.4 is 15.8 Å². The van der Waals surface area contributed by atoms with Crippen LogP contribution in [0.25, 0.3) is 22.2 Å². The molecule has 0 aliphatic carbocycles. The van der Waals surface area contributed by atoms with E-state index in [1.165, 1.54) is 37.5 Å². The molecule has 0 unspecified atom stereocenters. The molecule has 0 atom stereocenters. The van der Waals surface area contributed by atoms with E-state index in [0.717, 1.165) is 11.1 Å². The summed E-state index contributed by atoms with van der Waals surface area (Å²) in [6, 6.07) is 12.7. The number of carbonyl (C=O) groups excluding carboxylic acids is 1. The highest BCUT2D eigenvalue weighted by molar-refractivity contribution is 6.47. The van der Waals surface area contributed by atoms with E-state index in [0.29, 0.717) is 22.3 Å². The second kappa shape index (κ2) is 8.86. The van der Waals surface area contributed by atoms with Gasteiger partial charge in [0.25, 0.3) is 5.91 Å². The Morgan fingerprint density at radius 1 is 1.16 bits per heavy atom. The minimum atomic E-state index is -4.75. The summed E-state index contributed by atoms with van der Waals surface area (Å²) in [4.78, 5) is 20.7. The number of hydrogen-bond acceptors (Lipinski definition) is 5. The molecule has 0 spiro atoms. The molecular formula is C22H19F3N4O2. The van der Waals surface area contributed by atoms with E-state index in [2.05, 4.69) is 20.0 Å². The maximum atomic E-state index is 12.4. The van der Waals surface area contributed by atoms with Crippen LogP contribution in [0.1, 0.15) is 5.56 Å². The Morgan fingerprint density at radius 3 is 2.58 bits per heavy atom. The molecule has 0 aliphatic rings. The van der Waals surface area contributed by atoms with Crippen molar-refractivity contribution < 1.29 is 22.7 Å². The van der Waals surface area contributed by atoms with Crippen molar-refractivity contribution in [3.63, 3.8) is 0 Å². The summed E-state index contributed by atoms with van der Waals surface area (Å²) in [6.45, 7) is 1.84. The number of halogens is 3. The maximum Gasteiger partial charge on any atom is 0.573 e. The zero-order valence-corrected chi connectivity index (χ0v) is 16.7. The van der Waals surface area contributed by atoms with E-state index in [-0.39, 0.29) is 17.4 Å². The van der Waals surface area contributed by atoms with Gasteiger partial charge in [-0.1, -0.05) is 12.1 Å². The molecule has 1 amide bonds. The normalized spacial score (nSPS) is 12.4. The fourth-order valence-electron chi connectivity index (χ4n) is 2.95. The molecule has 1 aromatic heterocycles. The Hall–Kier alpha value is -3.88. The number of hydrogen-bond donors (Lipinski definition) is 2. The van der Waals surface area contributed by atoms with Crippen LogP contribution in [0.3, 0.4) is 0 Å². The highest BCUT2D eigenvalue weighted by Crippen LogP contribution is 2.29. The van der Waals surface area contributed by atoms with Crippen molar-refractivity contribution in [2.75, 3.05) is 12.4 Å². The SMILES string of the molecule is CN=C(C=CN)C(=O)Nc1ccc(-c2ccc3cc(OC(F)(F)F)ccc3n2)cc1C. The molecule has 0 saturated carbocycles. The monoisotopic (exact) mass is 428 g/mol. The third kappa shape index (κ3) is 5.39. The van der Waals surface area contributed by atoms with E-state index in [1.54, 1.807) is 24.3 Å². The number of benzene rings is 2. The minimum absolute atomic E-state index is 0.191. The molecule has 160 valence electrons. The molecule has 0 bridgehead atoms. The largest absolute Gasteiger partial charge is 0.573 e. The number of rotatable bonds is 5. The summed E-state index contributed by atoms with van der Waals surface area (Å²) in [5.41, 5.74) is 8.87. The Labute approximate surface area is 176 Å². The first-order chi connectivity index (χ1) is 14.7. The zero-order chi connectivity index (χ0) is 22.6. The van der Waals surface area contributed by atoms with Crippen LogP contribution in [-0.4, -0.2) is 30.0 Å². The first-order valence-electron chi connectivity index (χ1n) is 9.14. The van der Waals surface area contributed by atoms with Crippen molar-refractivity contribution in [2.24, 2.45) is 10.7 Å². The minimum Gasteiger partial charge on any atom is -0.406 e. The van der Waals surface area contributed by atoms with Gasteiger partial charge in [0.2, 0.25) is 0 Å². The number of alkyl halides is 3. The lowest BCUT2D eigenvalue weighted by Gasteiger charge is -2.11. The number of aromatic nitrogens is 1. The first kappa shape index (κ1) is 21.8. The number of carbonyl (C=O) groups is 1. The molecule has 2 aromatic carbocycles. The van der Waals surface area contributed by atoms with Crippen LogP contribution in [-0.2, 0) is 4.79 Å². The Balaban J connectivity index is 1.85. The van der Waals surface area contributed by atoms with Crippen molar-refractivity contribution in [3.8, 4) is 17.0 Å². The summed E-state index contributed by atoms with van der Waals surface area (Å²) in [6.07, 6.45) is -2.11. The molecule has 9 heteroatoms. The van der Waals surface area contributed by atoms with Gasteiger partial charge in [0.1, 0.15) is 11.5 Å². The first-order valence-corrected chi connectivity index (χ1v) is 9.14. The number of nitrogens with one attached hydrogen (secondary N) is 1. The van der Waals surface area contributed by atoms with Crippen LogP contribution in [0, 0.1) is 6.92 Å². The van der Waals surface area contributed by atoms with Crippen LogP contribution >= 0.6 is 0 Å². The van der Waals surface area contributed by atoms with Gasteiger partial charge in [-0.2, -0.15) is 0 Å². The molecule has 0 aliphatic heterocycles. The quantitative estimate of drug-likeness (QED) is 0.582. The number of ether oxygens (including phenoxy) is 1.